The highest BCUT2D eigenvalue weighted by molar-refractivity contribution is 5.76. The lowest BCUT2D eigenvalue weighted by atomic mass is 10.3. The predicted octanol–water partition coefficient (Wildman–Crippen LogP) is -1.84. The van der Waals surface area contributed by atoms with Gasteiger partial charge < -0.3 is 20.4 Å². The lowest BCUT2D eigenvalue weighted by molar-refractivity contribution is -0.130. The van der Waals surface area contributed by atoms with Gasteiger partial charge in [0.2, 0.25) is 5.91 Å². The molecule has 1 aliphatic rings. The summed E-state index contributed by atoms with van der Waals surface area (Å²) in [5, 5.41) is 21.2. The molecule has 1 fully saturated rings. The number of amides is 1. The second kappa shape index (κ2) is 4.55. The van der Waals surface area contributed by atoms with Crippen LogP contribution in [-0.4, -0.2) is 59.9 Å². The van der Waals surface area contributed by atoms with Gasteiger partial charge in [-0.1, -0.05) is 0 Å². The van der Waals surface area contributed by atoms with E-state index in [4.69, 9.17) is 0 Å². The van der Waals surface area contributed by atoms with Crippen molar-refractivity contribution < 1.29 is 15.0 Å². The molecule has 2 unspecified atom stereocenters. The largest absolute Gasteiger partial charge is 0.388 e. The number of hydrogen-bond donors (Lipinski definition) is 3. The van der Waals surface area contributed by atoms with E-state index in [2.05, 4.69) is 5.32 Å². The zero-order valence-corrected chi connectivity index (χ0v) is 7.73. The standard InChI is InChI=1S/C8H16N2O3/c1-9-3-2-8(13)10-4-6(11)7(12)5-10/h6-7,9,11-12H,2-5H2,1H3. The molecule has 3 N–H and O–H groups in total. The predicted molar refractivity (Wildman–Crippen MR) is 47.1 cm³/mol. The maximum absolute atomic E-state index is 11.4. The molecule has 0 aliphatic carbocycles. The van der Waals surface area contributed by atoms with E-state index in [9.17, 15) is 15.0 Å². The van der Waals surface area contributed by atoms with Crippen LogP contribution in [0.3, 0.4) is 0 Å². The molecule has 0 aromatic rings. The van der Waals surface area contributed by atoms with Gasteiger partial charge >= 0.3 is 0 Å². The van der Waals surface area contributed by atoms with E-state index in [0.29, 0.717) is 13.0 Å². The first-order valence-electron chi connectivity index (χ1n) is 4.43. The van der Waals surface area contributed by atoms with Crippen LogP contribution in [0.1, 0.15) is 6.42 Å². The van der Waals surface area contributed by atoms with E-state index in [-0.39, 0.29) is 19.0 Å². The van der Waals surface area contributed by atoms with Gasteiger partial charge in [0.15, 0.2) is 0 Å². The van der Waals surface area contributed by atoms with Crippen LogP contribution in [0.25, 0.3) is 0 Å². The van der Waals surface area contributed by atoms with Crippen molar-refractivity contribution in [3.8, 4) is 0 Å². The summed E-state index contributed by atoms with van der Waals surface area (Å²) < 4.78 is 0. The fourth-order valence-corrected chi connectivity index (χ4v) is 1.36. The minimum Gasteiger partial charge on any atom is -0.388 e. The third kappa shape index (κ3) is 2.65. The Labute approximate surface area is 77.3 Å². The maximum atomic E-state index is 11.4. The van der Waals surface area contributed by atoms with Crippen molar-refractivity contribution in [3.05, 3.63) is 0 Å². The molecule has 1 rings (SSSR count). The first kappa shape index (κ1) is 10.4. The van der Waals surface area contributed by atoms with Crippen LogP contribution in [0.4, 0.5) is 0 Å². The minimum atomic E-state index is -0.779. The van der Waals surface area contributed by atoms with Crippen LogP contribution in [0, 0.1) is 0 Å². The van der Waals surface area contributed by atoms with Crippen LogP contribution < -0.4 is 5.32 Å². The molecule has 1 saturated heterocycles. The molecule has 0 bridgehead atoms. The summed E-state index contributed by atoms with van der Waals surface area (Å²) in [5.74, 6) is -0.0232. The Morgan fingerprint density at radius 1 is 1.46 bits per heavy atom. The molecule has 5 nitrogen and oxygen atoms in total. The molecule has 1 heterocycles. The SMILES string of the molecule is CNCCC(=O)N1CC(O)C(O)C1. The summed E-state index contributed by atoms with van der Waals surface area (Å²) in [6.07, 6.45) is -1.15. The number of carbonyl (C=O) groups is 1. The number of hydrogen-bond acceptors (Lipinski definition) is 4. The Kier molecular flexibility index (Phi) is 3.65. The minimum absolute atomic E-state index is 0.0232. The number of likely N-dealkylation sites (tertiary alicyclic amines) is 1. The molecule has 5 heteroatoms. The molecule has 1 amide bonds. The first-order chi connectivity index (χ1) is 6.15. The molecule has 0 aromatic heterocycles. The van der Waals surface area contributed by atoms with Gasteiger partial charge in [-0.2, -0.15) is 0 Å². The monoisotopic (exact) mass is 188 g/mol. The van der Waals surface area contributed by atoms with Gasteiger partial charge in [0.1, 0.15) is 0 Å². The summed E-state index contributed by atoms with van der Waals surface area (Å²) in [6, 6.07) is 0. The van der Waals surface area contributed by atoms with E-state index in [1.54, 1.807) is 7.05 Å². The van der Waals surface area contributed by atoms with Crippen LogP contribution in [0.5, 0.6) is 0 Å². The summed E-state index contributed by atoms with van der Waals surface area (Å²) in [6.45, 7) is 1.13. The number of aliphatic hydroxyl groups is 2. The van der Waals surface area contributed by atoms with Crippen molar-refractivity contribution in [3.63, 3.8) is 0 Å². The number of β-amino-alcohol motifs (C(OH)–C–C–N with tert-alkyl or cyclic N) is 2. The van der Waals surface area contributed by atoms with E-state index >= 15 is 0 Å². The van der Waals surface area contributed by atoms with Gasteiger partial charge in [-0.05, 0) is 7.05 Å². The number of aliphatic hydroxyl groups excluding tert-OH is 2. The maximum Gasteiger partial charge on any atom is 0.224 e. The molecular formula is C8H16N2O3. The molecule has 0 aromatic carbocycles. The van der Waals surface area contributed by atoms with Crippen molar-refractivity contribution in [2.24, 2.45) is 0 Å². The molecule has 1 aliphatic heterocycles. The Hall–Kier alpha value is -0.650. The fourth-order valence-electron chi connectivity index (χ4n) is 1.36. The number of rotatable bonds is 3. The summed E-state index contributed by atoms with van der Waals surface area (Å²) in [7, 11) is 1.78. The molecule has 0 saturated carbocycles. The zero-order valence-electron chi connectivity index (χ0n) is 7.73. The Bertz CT molecular complexity index is 176. The van der Waals surface area contributed by atoms with Gasteiger partial charge in [-0.15, -0.1) is 0 Å². The zero-order chi connectivity index (χ0) is 9.84. The van der Waals surface area contributed by atoms with Crippen LogP contribution >= 0.6 is 0 Å². The Morgan fingerprint density at radius 2 is 2.00 bits per heavy atom. The molecule has 0 radical (unpaired) electrons. The van der Waals surface area contributed by atoms with Crippen molar-refractivity contribution in [1.82, 2.24) is 10.2 Å². The molecule has 76 valence electrons. The van der Waals surface area contributed by atoms with Crippen LogP contribution in [0.2, 0.25) is 0 Å². The van der Waals surface area contributed by atoms with E-state index < -0.39 is 12.2 Å². The van der Waals surface area contributed by atoms with Gasteiger partial charge in [-0.25, -0.2) is 0 Å². The van der Waals surface area contributed by atoms with Gasteiger partial charge in [-0.3, -0.25) is 4.79 Å². The van der Waals surface area contributed by atoms with Crippen molar-refractivity contribution >= 4 is 5.91 Å². The quantitative estimate of drug-likeness (QED) is 0.486. The highest BCUT2D eigenvalue weighted by Crippen LogP contribution is 2.10. The third-order valence-electron chi connectivity index (χ3n) is 2.20. The average Bonchev–Trinajstić information content (AvgIpc) is 2.43. The second-order valence-corrected chi connectivity index (χ2v) is 3.29. The highest BCUT2D eigenvalue weighted by atomic mass is 16.3. The molecule has 0 spiro atoms. The summed E-state index contributed by atoms with van der Waals surface area (Å²) in [4.78, 5) is 12.9. The normalized spacial score (nSPS) is 28.1. The van der Waals surface area contributed by atoms with Crippen LogP contribution in [-0.2, 0) is 4.79 Å². The second-order valence-electron chi connectivity index (χ2n) is 3.29. The number of carbonyl (C=O) groups excluding carboxylic acids is 1. The van der Waals surface area contributed by atoms with Crippen molar-refractivity contribution in [2.45, 2.75) is 18.6 Å². The van der Waals surface area contributed by atoms with Crippen molar-refractivity contribution in [1.29, 1.82) is 0 Å². The first-order valence-corrected chi connectivity index (χ1v) is 4.43. The number of nitrogens with zero attached hydrogens (tertiary/aromatic N) is 1. The topological polar surface area (TPSA) is 72.8 Å². The Morgan fingerprint density at radius 3 is 2.46 bits per heavy atom. The lowest BCUT2D eigenvalue weighted by Gasteiger charge is -2.14. The molecule has 2 atom stereocenters. The van der Waals surface area contributed by atoms with Crippen LogP contribution in [0.15, 0.2) is 0 Å². The molecular weight excluding hydrogens is 172 g/mol. The van der Waals surface area contributed by atoms with Gasteiger partial charge in [0.25, 0.3) is 0 Å². The van der Waals surface area contributed by atoms with Gasteiger partial charge in [0.05, 0.1) is 12.2 Å². The van der Waals surface area contributed by atoms with Gasteiger partial charge in [0, 0.05) is 26.1 Å². The average molecular weight is 188 g/mol. The van der Waals surface area contributed by atoms with Crippen molar-refractivity contribution in [2.75, 3.05) is 26.7 Å². The lowest BCUT2D eigenvalue weighted by Crippen LogP contribution is -2.31. The smallest absolute Gasteiger partial charge is 0.224 e. The fraction of sp³-hybridized carbons (Fsp3) is 0.875. The molecule has 13 heavy (non-hydrogen) atoms. The van der Waals surface area contributed by atoms with E-state index in [1.807, 2.05) is 0 Å². The summed E-state index contributed by atoms with van der Waals surface area (Å²) in [5.41, 5.74) is 0. The highest BCUT2D eigenvalue weighted by Gasteiger charge is 2.31. The summed E-state index contributed by atoms with van der Waals surface area (Å²) >= 11 is 0. The van der Waals surface area contributed by atoms with E-state index in [1.165, 1.54) is 4.90 Å². The Balaban J connectivity index is 2.33. The third-order valence-corrected chi connectivity index (χ3v) is 2.20. The number of nitrogens with one attached hydrogen (secondary N) is 1. The van der Waals surface area contributed by atoms with E-state index in [0.717, 1.165) is 0 Å².